The highest BCUT2D eigenvalue weighted by molar-refractivity contribution is 7.22. The minimum Gasteiger partial charge on any atom is -0.423 e. The van der Waals surface area contributed by atoms with Gasteiger partial charge in [-0.3, -0.25) is 4.79 Å². The van der Waals surface area contributed by atoms with E-state index in [0.29, 0.717) is 22.4 Å². The van der Waals surface area contributed by atoms with Crippen molar-refractivity contribution >= 4 is 38.4 Å². The summed E-state index contributed by atoms with van der Waals surface area (Å²) in [6.07, 6.45) is 0. The van der Waals surface area contributed by atoms with E-state index in [0.717, 1.165) is 28.4 Å². The highest BCUT2D eigenvalue weighted by Crippen LogP contribution is 2.31. The molecule has 0 unspecified atom stereocenters. The van der Waals surface area contributed by atoms with E-state index in [4.69, 9.17) is 4.74 Å². The van der Waals surface area contributed by atoms with Crippen LogP contribution in [0.15, 0.2) is 72.8 Å². The van der Waals surface area contributed by atoms with E-state index >= 15 is 0 Å². The Morgan fingerprint density at radius 1 is 0.871 bits per heavy atom. The summed E-state index contributed by atoms with van der Waals surface area (Å²) in [7, 11) is 0. The highest BCUT2D eigenvalue weighted by atomic mass is 32.1. The number of fused-ring (bicyclic) bond motifs is 1. The van der Waals surface area contributed by atoms with E-state index in [9.17, 15) is 9.59 Å². The maximum Gasteiger partial charge on any atom is 0.343 e. The van der Waals surface area contributed by atoms with E-state index in [1.165, 1.54) is 0 Å². The third-order valence-electron chi connectivity index (χ3n) is 5.01. The molecule has 156 valence electrons. The summed E-state index contributed by atoms with van der Waals surface area (Å²) in [5, 5.41) is 0.960. The van der Waals surface area contributed by atoms with Crippen LogP contribution >= 0.6 is 11.3 Å². The number of esters is 1. The number of nitrogens with zero attached hydrogens (tertiary/aromatic N) is 2. The van der Waals surface area contributed by atoms with Crippen molar-refractivity contribution in [1.82, 2.24) is 4.98 Å². The van der Waals surface area contributed by atoms with Crippen LogP contribution in [0.1, 0.15) is 40.1 Å². The van der Waals surface area contributed by atoms with Crippen molar-refractivity contribution < 1.29 is 14.3 Å². The fraction of sp³-hybridized carbons (Fsp3) is 0.160. The Kier molecular flexibility index (Phi) is 6.09. The fourth-order valence-corrected chi connectivity index (χ4v) is 4.39. The second kappa shape index (κ2) is 9.10. The molecule has 31 heavy (non-hydrogen) atoms. The van der Waals surface area contributed by atoms with Crippen LogP contribution in [0.4, 0.5) is 5.13 Å². The van der Waals surface area contributed by atoms with Gasteiger partial charge in [-0.25, -0.2) is 9.78 Å². The number of thiazole rings is 1. The Morgan fingerprint density at radius 3 is 2.19 bits per heavy atom. The van der Waals surface area contributed by atoms with Crippen molar-refractivity contribution in [2.24, 2.45) is 0 Å². The van der Waals surface area contributed by atoms with Gasteiger partial charge in [0.1, 0.15) is 5.75 Å². The van der Waals surface area contributed by atoms with Crippen LogP contribution in [0.5, 0.6) is 5.75 Å². The molecule has 0 bridgehead atoms. The molecule has 0 aliphatic carbocycles. The van der Waals surface area contributed by atoms with Gasteiger partial charge in [-0.2, -0.15) is 0 Å². The number of ketones is 1. The van der Waals surface area contributed by atoms with Crippen LogP contribution in [-0.2, 0) is 0 Å². The van der Waals surface area contributed by atoms with Crippen molar-refractivity contribution in [3.63, 3.8) is 0 Å². The summed E-state index contributed by atoms with van der Waals surface area (Å²) in [6.45, 7) is 5.98. The second-order valence-corrected chi connectivity index (χ2v) is 7.97. The molecule has 0 spiro atoms. The molecule has 3 aromatic carbocycles. The Hall–Kier alpha value is -3.51. The molecule has 0 radical (unpaired) electrons. The first-order valence-electron chi connectivity index (χ1n) is 10.2. The highest BCUT2D eigenvalue weighted by Gasteiger charge is 2.14. The lowest BCUT2D eigenvalue weighted by Crippen LogP contribution is -2.21. The molecule has 1 heterocycles. The summed E-state index contributed by atoms with van der Waals surface area (Å²) >= 11 is 1.58. The van der Waals surface area contributed by atoms with Gasteiger partial charge in [-0.1, -0.05) is 53.8 Å². The van der Waals surface area contributed by atoms with Crippen molar-refractivity contribution in [2.75, 3.05) is 18.0 Å². The molecule has 0 fully saturated rings. The largest absolute Gasteiger partial charge is 0.423 e. The van der Waals surface area contributed by atoms with Crippen LogP contribution in [0.3, 0.4) is 0 Å². The predicted molar refractivity (Wildman–Crippen MR) is 124 cm³/mol. The zero-order valence-corrected chi connectivity index (χ0v) is 18.2. The summed E-state index contributed by atoms with van der Waals surface area (Å²) in [4.78, 5) is 31.9. The van der Waals surface area contributed by atoms with Gasteiger partial charge < -0.3 is 9.64 Å². The Balaban J connectivity index is 1.49. The van der Waals surface area contributed by atoms with Crippen molar-refractivity contribution in [3.8, 4) is 5.75 Å². The van der Waals surface area contributed by atoms with E-state index in [2.05, 4.69) is 23.7 Å². The SMILES string of the molecule is CCN(CC)c1nc2ccc(OC(=O)c3ccc(C(=O)c4ccccc4)cc3)cc2s1. The average molecular weight is 431 g/mol. The third-order valence-corrected chi connectivity index (χ3v) is 6.09. The molecule has 4 aromatic rings. The summed E-state index contributed by atoms with van der Waals surface area (Å²) in [6, 6.07) is 21.0. The third kappa shape index (κ3) is 4.49. The first-order chi connectivity index (χ1) is 15.1. The number of hydrogen-bond acceptors (Lipinski definition) is 6. The molecule has 0 saturated carbocycles. The van der Waals surface area contributed by atoms with Gasteiger partial charge in [0.2, 0.25) is 0 Å². The van der Waals surface area contributed by atoms with Crippen molar-refractivity contribution in [1.29, 1.82) is 0 Å². The van der Waals surface area contributed by atoms with Crippen LogP contribution in [0, 0.1) is 0 Å². The summed E-state index contributed by atoms with van der Waals surface area (Å²) in [5.74, 6) is -0.0802. The average Bonchev–Trinajstić information content (AvgIpc) is 3.23. The van der Waals surface area contributed by atoms with Gasteiger partial charge in [0.25, 0.3) is 0 Å². The maximum absolute atomic E-state index is 12.6. The Labute approximate surface area is 184 Å². The van der Waals surface area contributed by atoms with Gasteiger partial charge in [0.05, 0.1) is 15.8 Å². The number of carbonyl (C=O) groups excluding carboxylic acids is 2. The summed E-state index contributed by atoms with van der Waals surface area (Å²) in [5.41, 5.74) is 2.41. The maximum atomic E-state index is 12.6. The fourth-order valence-electron chi connectivity index (χ4n) is 3.27. The molecule has 0 N–H and O–H groups in total. The Bertz CT molecular complexity index is 1210. The molecule has 0 aliphatic rings. The number of carbonyl (C=O) groups is 2. The molecular weight excluding hydrogens is 408 g/mol. The summed E-state index contributed by atoms with van der Waals surface area (Å²) < 4.78 is 6.53. The number of anilines is 1. The predicted octanol–water partition coefficient (Wildman–Crippen LogP) is 5.59. The van der Waals surface area contributed by atoms with Crippen LogP contribution in [-0.4, -0.2) is 29.8 Å². The standard InChI is InChI=1S/C25H22N2O3S/c1-3-27(4-2)25-26-21-15-14-20(16-22(21)31-25)30-24(29)19-12-10-18(11-13-19)23(28)17-8-6-5-7-9-17/h5-16H,3-4H2,1-2H3. The number of hydrogen-bond donors (Lipinski definition) is 0. The van der Waals surface area contributed by atoms with Crippen molar-refractivity contribution in [3.05, 3.63) is 89.5 Å². The topological polar surface area (TPSA) is 59.5 Å². The lowest BCUT2D eigenvalue weighted by molar-refractivity contribution is 0.0734. The lowest BCUT2D eigenvalue weighted by atomic mass is 10.0. The van der Waals surface area contributed by atoms with Gasteiger partial charge in [0.15, 0.2) is 10.9 Å². The monoisotopic (exact) mass is 430 g/mol. The molecular formula is C25H22N2O3S. The van der Waals surface area contributed by atoms with Crippen molar-refractivity contribution in [2.45, 2.75) is 13.8 Å². The minimum atomic E-state index is -0.466. The first-order valence-corrected chi connectivity index (χ1v) is 11.0. The number of ether oxygens (including phenoxy) is 1. The second-order valence-electron chi connectivity index (χ2n) is 6.96. The lowest BCUT2D eigenvalue weighted by Gasteiger charge is -2.16. The Morgan fingerprint density at radius 2 is 1.52 bits per heavy atom. The normalized spacial score (nSPS) is 10.8. The van der Waals surface area contributed by atoms with Crippen LogP contribution in [0.25, 0.3) is 10.2 Å². The van der Waals surface area contributed by atoms with Gasteiger partial charge >= 0.3 is 5.97 Å². The quantitative estimate of drug-likeness (QED) is 0.217. The van der Waals surface area contributed by atoms with Gasteiger partial charge in [-0.15, -0.1) is 0 Å². The molecule has 6 heteroatoms. The zero-order valence-electron chi connectivity index (χ0n) is 17.4. The molecule has 0 saturated heterocycles. The molecule has 4 rings (SSSR count). The number of benzene rings is 3. The van der Waals surface area contributed by atoms with Crippen LogP contribution < -0.4 is 9.64 Å². The molecule has 0 atom stereocenters. The molecule has 0 aliphatic heterocycles. The minimum absolute atomic E-state index is 0.0832. The molecule has 1 aromatic heterocycles. The number of aromatic nitrogens is 1. The van der Waals surface area contributed by atoms with Gasteiger partial charge in [0, 0.05) is 30.3 Å². The van der Waals surface area contributed by atoms with E-state index in [-0.39, 0.29) is 5.78 Å². The molecule has 0 amide bonds. The first kappa shape index (κ1) is 20.8. The van der Waals surface area contributed by atoms with E-state index < -0.39 is 5.97 Å². The zero-order chi connectivity index (χ0) is 21.8. The molecule has 5 nitrogen and oxygen atoms in total. The smallest absolute Gasteiger partial charge is 0.343 e. The van der Waals surface area contributed by atoms with Gasteiger partial charge in [-0.05, 0) is 38.1 Å². The number of rotatable bonds is 7. The van der Waals surface area contributed by atoms with E-state index in [1.54, 1.807) is 53.8 Å². The van der Waals surface area contributed by atoms with Crippen LogP contribution in [0.2, 0.25) is 0 Å². The van der Waals surface area contributed by atoms with E-state index in [1.807, 2.05) is 30.3 Å².